The van der Waals surface area contributed by atoms with Crippen molar-refractivity contribution in [1.29, 1.82) is 0 Å². The van der Waals surface area contributed by atoms with Crippen molar-refractivity contribution in [2.75, 3.05) is 6.16 Å². The third-order valence-electron chi connectivity index (χ3n) is 6.03. The number of benzene rings is 3. The van der Waals surface area contributed by atoms with Crippen molar-refractivity contribution < 1.29 is 5.11 Å². The van der Waals surface area contributed by atoms with Crippen LogP contribution in [0.4, 0.5) is 0 Å². The first-order valence-corrected chi connectivity index (χ1v) is 15.5. The van der Waals surface area contributed by atoms with E-state index in [-0.39, 0.29) is 0 Å². The summed E-state index contributed by atoms with van der Waals surface area (Å²) < 4.78 is 0. The number of allylic oxidation sites excluding steroid dienone is 2. The maximum atomic E-state index is 10.1. The summed E-state index contributed by atoms with van der Waals surface area (Å²) in [6, 6.07) is 32.7. The molecule has 0 bridgehead atoms. The van der Waals surface area contributed by atoms with E-state index in [1.807, 2.05) is 13.8 Å². The molecule has 0 saturated heterocycles. The van der Waals surface area contributed by atoms with Crippen LogP contribution in [-0.2, 0) is 0 Å². The Balaban J connectivity index is 2.12. The van der Waals surface area contributed by atoms with Crippen molar-refractivity contribution in [2.24, 2.45) is 0 Å². The molecule has 0 saturated carbocycles. The molecule has 0 atom stereocenters. The van der Waals surface area contributed by atoms with Gasteiger partial charge in [0.2, 0.25) is 0 Å². The fourth-order valence-corrected chi connectivity index (χ4v) is 11.3. The van der Waals surface area contributed by atoms with Gasteiger partial charge in [0.15, 0.2) is 0 Å². The fourth-order valence-electron chi connectivity index (χ4n) is 4.21. The SMILES string of the molecule is CC(=CCP(Br)(c1ccccc1)(c1ccccc1)c1ccccc1)CCCC(C)(C)O. The predicted octanol–water partition coefficient (Wildman–Crippen LogP) is 6.71. The summed E-state index contributed by atoms with van der Waals surface area (Å²) in [5, 5.41) is 11.2. The topological polar surface area (TPSA) is 20.2 Å². The molecule has 0 radical (unpaired) electrons. The summed E-state index contributed by atoms with van der Waals surface area (Å²) in [6.45, 7) is 5.99. The molecule has 0 unspecified atom stereocenters. The number of hydrogen-bond donors (Lipinski definition) is 1. The molecule has 3 rings (SSSR count). The number of rotatable bonds is 9. The van der Waals surface area contributed by atoms with E-state index in [4.69, 9.17) is 0 Å². The normalized spacial score (nSPS) is 14.1. The minimum absolute atomic E-state index is 0.604. The van der Waals surface area contributed by atoms with Crippen LogP contribution in [0.1, 0.15) is 40.0 Å². The molecule has 1 N–H and O–H groups in total. The van der Waals surface area contributed by atoms with E-state index in [1.54, 1.807) is 0 Å². The van der Waals surface area contributed by atoms with Crippen molar-refractivity contribution in [3.05, 3.63) is 103 Å². The van der Waals surface area contributed by atoms with Crippen molar-refractivity contribution >= 4 is 36.7 Å². The van der Waals surface area contributed by atoms with E-state index in [9.17, 15) is 5.11 Å². The van der Waals surface area contributed by atoms with Gasteiger partial charge in [0.05, 0.1) is 0 Å². The third kappa shape index (κ3) is 5.37. The molecule has 0 fully saturated rings. The molecule has 0 spiro atoms. The summed E-state index contributed by atoms with van der Waals surface area (Å²) in [5.41, 5.74) is 0.771. The zero-order chi connectivity index (χ0) is 22.4. The van der Waals surface area contributed by atoms with Crippen molar-refractivity contribution in [2.45, 2.75) is 45.6 Å². The number of halogens is 1. The number of aliphatic hydroxyl groups is 1. The standard InChI is InChI=1S/C28H34BrOP/c1-24(14-13-22-28(2,3)30)21-23-31(29,25-15-7-4-8-16-25,26-17-9-5-10-18-26)27-19-11-6-12-20-27/h4-12,15-21,30H,13-14,22-23H2,1-3H3. The van der Waals surface area contributed by atoms with Gasteiger partial charge < -0.3 is 0 Å². The van der Waals surface area contributed by atoms with Crippen LogP contribution in [0, 0.1) is 0 Å². The molecule has 0 amide bonds. The number of hydrogen-bond acceptors (Lipinski definition) is 1. The second-order valence-electron chi connectivity index (χ2n) is 9.09. The van der Waals surface area contributed by atoms with Gasteiger partial charge in [0.25, 0.3) is 0 Å². The molecular formula is C28H34BrOP. The average molecular weight is 497 g/mol. The molecule has 164 valence electrons. The first-order chi connectivity index (χ1) is 14.7. The van der Waals surface area contributed by atoms with Crippen LogP contribution in [-0.4, -0.2) is 16.9 Å². The van der Waals surface area contributed by atoms with Gasteiger partial charge in [0, 0.05) is 0 Å². The summed E-state index contributed by atoms with van der Waals surface area (Å²) in [7, 11) is 0. The van der Waals surface area contributed by atoms with E-state index in [2.05, 4.69) is 119 Å². The summed E-state index contributed by atoms with van der Waals surface area (Å²) in [4.78, 5) is 0. The summed E-state index contributed by atoms with van der Waals surface area (Å²) in [5.74, 6) is 0. The average Bonchev–Trinajstić information content (AvgIpc) is 2.78. The Kier molecular flexibility index (Phi) is 7.58. The van der Waals surface area contributed by atoms with Crippen LogP contribution in [0.5, 0.6) is 0 Å². The molecular weight excluding hydrogens is 463 g/mol. The van der Waals surface area contributed by atoms with E-state index in [1.165, 1.54) is 21.5 Å². The van der Waals surface area contributed by atoms with Gasteiger partial charge >= 0.3 is 196 Å². The zero-order valence-electron chi connectivity index (χ0n) is 18.8. The van der Waals surface area contributed by atoms with Crippen LogP contribution in [0.3, 0.4) is 0 Å². The molecule has 3 aromatic rings. The monoisotopic (exact) mass is 496 g/mol. The van der Waals surface area contributed by atoms with Crippen molar-refractivity contribution in [3.8, 4) is 0 Å². The third-order valence-corrected chi connectivity index (χ3v) is 15.6. The Morgan fingerprint density at radius 1 is 0.806 bits per heavy atom. The first kappa shape index (κ1) is 23.9. The maximum absolute atomic E-state index is 10.1. The van der Waals surface area contributed by atoms with Gasteiger partial charge in [-0.05, 0) is 0 Å². The van der Waals surface area contributed by atoms with Gasteiger partial charge in [-0.1, -0.05) is 0 Å². The summed E-state index contributed by atoms with van der Waals surface area (Å²) in [6.07, 6.45) is 6.14. The van der Waals surface area contributed by atoms with Crippen LogP contribution < -0.4 is 15.9 Å². The molecule has 0 aliphatic heterocycles. The molecule has 3 aromatic carbocycles. The van der Waals surface area contributed by atoms with E-state index >= 15 is 0 Å². The minimum atomic E-state index is -2.89. The van der Waals surface area contributed by atoms with Gasteiger partial charge in [-0.15, -0.1) is 0 Å². The quantitative estimate of drug-likeness (QED) is 0.257. The Morgan fingerprint density at radius 2 is 1.19 bits per heavy atom. The van der Waals surface area contributed by atoms with E-state index in [0.29, 0.717) is 0 Å². The van der Waals surface area contributed by atoms with Crippen LogP contribution in [0.15, 0.2) is 103 Å². The second kappa shape index (κ2) is 9.82. The predicted molar refractivity (Wildman–Crippen MR) is 143 cm³/mol. The van der Waals surface area contributed by atoms with Crippen LogP contribution in [0.2, 0.25) is 0 Å². The molecule has 0 aliphatic rings. The molecule has 31 heavy (non-hydrogen) atoms. The Labute approximate surface area is 195 Å². The van der Waals surface area contributed by atoms with Crippen molar-refractivity contribution in [1.82, 2.24) is 0 Å². The molecule has 0 heterocycles. The molecule has 3 heteroatoms. The van der Waals surface area contributed by atoms with Crippen LogP contribution >= 0.6 is 20.8 Å². The van der Waals surface area contributed by atoms with Gasteiger partial charge in [-0.2, -0.15) is 0 Å². The van der Waals surface area contributed by atoms with E-state index < -0.39 is 10.9 Å². The second-order valence-corrected chi connectivity index (χ2v) is 18.1. The first-order valence-electron chi connectivity index (χ1n) is 11.0. The molecule has 0 aliphatic carbocycles. The summed E-state index contributed by atoms with van der Waals surface area (Å²) >= 11 is 4.49. The van der Waals surface area contributed by atoms with Crippen molar-refractivity contribution in [3.63, 3.8) is 0 Å². The van der Waals surface area contributed by atoms with Crippen LogP contribution in [0.25, 0.3) is 0 Å². The Morgan fingerprint density at radius 3 is 1.55 bits per heavy atom. The Hall–Kier alpha value is -1.73. The van der Waals surface area contributed by atoms with E-state index in [0.717, 1.165) is 25.4 Å². The van der Waals surface area contributed by atoms with Gasteiger partial charge in [-0.3, -0.25) is 0 Å². The zero-order valence-corrected chi connectivity index (χ0v) is 21.3. The molecule has 1 nitrogen and oxygen atoms in total. The fraction of sp³-hybridized carbons (Fsp3) is 0.286. The Bertz CT molecular complexity index is 892. The molecule has 0 aromatic heterocycles. The van der Waals surface area contributed by atoms with Gasteiger partial charge in [-0.25, -0.2) is 0 Å². The van der Waals surface area contributed by atoms with Gasteiger partial charge in [0.1, 0.15) is 0 Å².